The van der Waals surface area contributed by atoms with Crippen LogP contribution in [0.2, 0.25) is 0 Å². The molecular formula is C18H13Cl3NO+. The van der Waals surface area contributed by atoms with Crippen molar-refractivity contribution >= 4 is 51.5 Å². The van der Waals surface area contributed by atoms with Crippen LogP contribution in [0.25, 0.3) is 10.9 Å². The van der Waals surface area contributed by atoms with Gasteiger partial charge in [0.2, 0.25) is 23.5 Å². The van der Waals surface area contributed by atoms with Crippen LogP contribution in [0.3, 0.4) is 0 Å². The molecule has 0 radical (unpaired) electrons. The fraction of sp³-hybridized carbons (Fsp3) is 0.111. The average Bonchev–Trinajstić information content (AvgIpc) is 2.55. The van der Waals surface area contributed by atoms with Gasteiger partial charge in [0.15, 0.2) is 0 Å². The molecule has 23 heavy (non-hydrogen) atoms. The van der Waals surface area contributed by atoms with Crippen molar-refractivity contribution in [2.24, 2.45) is 0 Å². The SMILES string of the molecule is O=C(C[n+]1c(C(Cl)(Cl)Cl)ccc2ccccc21)c1ccccc1. The Balaban J connectivity index is 2.12. The molecule has 0 atom stereocenters. The van der Waals surface area contributed by atoms with E-state index in [-0.39, 0.29) is 12.3 Å². The summed E-state index contributed by atoms with van der Waals surface area (Å²) in [4.78, 5) is 12.6. The van der Waals surface area contributed by atoms with Gasteiger partial charge in [-0.2, -0.15) is 4.57 Å². The maximum atomic E-state index is 12.6. The number of carbonyl (C=O) groups is 1. The van der Waals surface area contributed by atoms with Crippen molar-refractivity contribution in [3.8, 4) is 0 Å². The number of hydrogen-bond acceptors (Lipinski definition) is 1. The molecule has 2 aromatic carbocycles. The Kier molecular flexibility index (Phi) is 4.58. The van der Waals surface area contributed by atoms with Gasteiger partial charge in [-0.05, 0) is 12.1 Å². The number of halogens is 3. The summed E-state index contributed by atoms with van der Waals surface area (Å²) < 4.78 is 0.151. The highest BCUT2D eigenvalue weighted by molar-refractivity contribution is 6.66. The van der Waals surface area contributed by atoms with Crippen LogP contribution in [0.15, 0.2) is 66.7 Å². The van der Waals surface area contributed by atoms with Crippen LogP contribution < -0.4 is 4.57 Å². The molecule has 0 amide bonds. The lowest BCUT2D eigenvalue weighted by molar-refractivity contribution is -0.665. The van der Waals surface area contributed by atoms with Crippen LogP contribution in [0, 0.1) is 0 Å². The molecule has 0 fully saturated rings. The topological polar surface area (TPSA) is 20.9 Å². The number of benzene rings is 2. The minimum absolute atomic E-state index is 0.0394. The lowest BCUT2D eigenvalue weighted by Gasteiger charge is -2.12. The molecule has 2 nitrogen and oxygen atoms in total. The van der Waals surface area contributed by atoms with E-state index < -0.39 is 3.79 Å². The number of pyridine rings is 1. The number of aromatic nitrogens is 1. The van der Waals surface area contributed by atoms with Crippen LogP contribution in [0.5, 0.6) is 0 Å². The van der Waals surface area contributed by atoms with Crippen LogP contribution >= 0.6 is 34.8 Å². The van der Waals surface area contributed by atoms with E-state index in [1.807, 2.05) is 48.5 Å². The molecule has 0 aliphatic heterocycles. The zero-order valence-corrected chi connectivity index (χ0v) is 14.3. The fourth-order valence-electron chi connectivity index (χ4n) is 2.54. The molecule has 0 N–H and O–H groups in total. The van der Waals surface area contributed by atoms with Crippen LogP contribution in [-0.2, 0) is 10.3 Å². The van der Waals surface area contributed by atoms with Crippen molar-refractivity contribution in [3.63, 3.8) is 0 Å². The molecule has 0 aliphatic carbocycles. The van der Waals surface area contributed by atoms with Gasteiger partial charge in [0, 0.05) is 23.1 Å². The number of alkyl halides is 3. The van der Waals surface area contributed by atoms with E-state index in [2.05, 4.69) is 0 Å². The summed E-state index contributed by atoms with van der Waals surface area (Å²) in [6.07, 6.45) is 0. The van der Waals surface area contributed by atoms with Crippen molar-refractivity contribution in [1.82, 2.24) is 0 Å². The Morgan fingerprint density at radius 2 is 1.52 bits per heavy atom. The van der Waals surface area contributed by atoms with Gasteiger partial charge in [0.1, 0.15) is 0 Å². The molecule has 0 saturated heterocycles. The monoisotopic (exact) mass is 364 g/mol. The van der Waals surface area contributed by atoms with Crippen molar-refractivity contribution in [1.29, 1.82) is 0 Å². The molecule has 0 spiro atoms. The van der Waals surface area contributed by atoms with Crippen molar-refractivity contribution in [3.05, 3.63) is 78.0 Å². The summed E-state index contributed by atoms with van der Waals surface area (Å²) in [5.41, 5.74) is 1.94. The summed E-state index contributed by atoms with van der Waals surface area (Å²) in [7, 11) is 0. The van der Waals surface area contributed by atoms with E-state index in [1.165, 1.54) is 0 Å². The summed E-state index contributed by atoms with van der Waals surface area (Å²) in [6.45, 7) is 0.106. The number of fused-ring (bicyclic) bond motifs is 1. The maximum Gasteiger partial charge on any atom is 0.275 e. The molecule has 116 valence electrons. The first kappa shape index (κ1) is 16.3. The van der Waals surface area contributed by atoms with Crippen LogP contribution in [0.1, 0.15) is 16.1 Å². The number of nitrogens with zero attached hydrogens (tertiary/aromatic N) is 1. The largest absolute Gasteiger partial charge is 0.287 e. The zero-order chi connectivity index (χ0) is 16.4. The van der Waals surface area contributed by atoms with Gasteiger partial charge >= 0.3 is 0 Å². The highest BCUT2D eigenvalue weighted by atomic mass is 35.6. The van der Waals surface area contributed by atoms with Gasteiger partial charge in [0.25, 0.3) is 3.79 Å². The molecule has 1 heterocycles. The molecule has 0 bridgehead atoms. The third-order valence-corrected chi connectivity index (χ3v) is 4.21. The van der Waals surface area contributed by atoms with E-state index in [0.717, 1.165) is 10.9 Å². The fourth-order valence-corrected chi connectivity index (χ4v) is 3.03. The second-order valence-electron chi connectivity index (χ2n) is 5.15. The highest BCUT2D eigenvalue weighted by Gasteiger charge is 2.35. The van der Waals surface area contributed by atoms with Crippen molar-refractivity contribution < 1.29 is 9.36 Å². The number of carbonyl (C=O) groups excluding carboxylic acids is 1. The first-order chi connectivity index (χ1) is 11.0. The Hall–Kier alpha value is -1.61. The Labute approximate surface area is 149 Å². The second-order valence-corrected chi connectivity index (χ2v) is 7.43. The van der Waals surface area contributed by atoms with Gasteiger partial charge in [-0.3, -0.25) is 4.79 Å². The van der Waals surface area contributed by atoms with Crippen molar-refractivity contribution in [2.45, 2.75) is 10.3 Å². The number of hydrogen-bond donors (Lipinski definition) is 0. The molecule has 0 aliphatic rings. The van der Waals surface area contributed by atoms with Crippen LogP contribution in [0.4, 0.5) is 0 Å². The second kappa shape index (κ2) is 6.48. The smallest absolute Gasteiger partial charge is 0.275 e. The molecule has 0 saturated carbocycles. The predicted molar refractivity (Wildman–Crippen MR) is 94.2 cm³/mol. The minimum Gasteiger partial charge on any atom is -0.287 e. The molecule has 0 unspecified atom stereocenters. The highest BCUT2D eigenvalue weighted by Crippen LogP contribution is 2.36. The van der Waals surface area contributed by atoms with E-state index in [0.29, 0.717) is 11.3 Å². The zero-order valence-electron chi connectivity index (χ0n) is 12.0. The van der Waals surface area contributed by atoms with E-state index in [9.17, 15) is 4.79 Å². The first-order valence-electron chi connectivity index (χ1n) is 7.04. The number of rotatable bonds is 3. The molecule has 3 aromatic rings. The predicted octanol–water partition coefficient (Wildman–Crippen LogP) is 4.84. The quantitative estimate of drug-likeness (QED) is 0.370. The number of para-hydroxylation sites is 1. The van der Waals surface area contributed by atoms with Gasteiger partial charge in [-0.1, -0.05) is 77.3 Å². The average molecular weight is 366 g/mol. The standard InChI is InChI=1S/C18H13Cl3NO/c19-18(20,21)17-11-10-13-6-4-5-9-15(13)22(17)12-16(23)14-7-2-1-3-8-14/h1-11H,12H2/q+1. The molecule has 5 heteroatoms. The lowest BCUT2D eigenvalue weighted by Crippen LogP contribution is -2.45. The third-order valence-electron chi connectivity index (χ3n) is 3.63. The Morgan fingerprint density at radius 3 is 2.22 bits per heavy atom. The Morgan fingerprint density at radius 1 is 0.870 bits per heavy atom. The van der Waals surface area contributed by atoms with Gasteiger partial charge in [-0.25, -0.2) is 0 Å². The Bertz CT molecular complexity index is 857. The van der Waals surface area contributed by atoms with Crippen molar-refractivity contribution in [2.75, 3.05) is 0 Å². The summed E-state index contributed by atoms with van der Waals surface area (Å²) in [5, 5.41) is 0.978. The number of Topliss-reactive ketones (excluding diaryl/α,β-unsaturated/α-hetero) is 1. The minimum atomic E-state index is -1.61. The van der Waals surface area contributed by atoms with E-state index >= 15 is 0 Å². The molecule has 3 rings (SSSR count). The maximum absolute atomic E-state index is 12.6. The summed E-state index contributed by atoms with van der Waals surface area (Å²) in [5.74, 6) is -0.0394. The first-order valence-corrected chi connectivity index (χ1v) is 8.17. The molecule has 1 aromatic heterocycles. The third kappa shape index (κ3) is 3.50. The lowest BCUT2D eigenvalue weighted by atomic mass is 10.1. The normalized spacial score (nSPS) is 11.6. The van der Waals surface area contributed by atoms with Gasteiger partial charge < -0.3 is 0 Å². The van der Waals surface area contributed by atoms with E-state index in [4.69, 9.17) is 34.8 Å². The summed E-state index contributed by atoms with van der Waals surface area (Å²) >= 11 is 18.3. The van der Waals surface area contributed by atoms with E-state index in [1.54, 1.807) is 22.8 Å². The van der Waals surface area contributed by atoms with Crippen LogP contribution in [-0.4, -0.2) is 5.78 Å². The number of ketones is 1. The van der Waals surface area contributed by atoms with Gasteiger partial charge in [0.05, 0.1) is 0 Å². The summed E-state index contributed by atoms with van der Waals surface area (Å²) in [6, 6.07) is 20.4. The molecular weight excluding hydrogens is 353 g/mol. The van der Waals surface area contributed by atoms with Gasteiger partial charge in [-0.15, -0.1) is 0 Å².